The average molecular weight is 389 g/mol. The maximum Gasteiger partial charge on any atom is 0.191 e. The quantitative estimate of drug-likeness (QED) is 0.341. The molecule has 2 N–H and O–H groups in total. The second-order valence-electron chi connectivity index (χ2n) is 4.89. The molecule has 0 saturated heterocycles. The molecule has 0 aliphatic heterocycles. The van der Waals surface area contributed by atoms with Crippen LogP contribution in [0.3, 0.4) is 0 Å². The van der Waals surface area contributed by atoms with Crippen molar-refractivity contribution in [2.75, 3.05) is 20.2 Å². The molecule has 2 rings (SSSR count). The van der Waals surface area contributed by atoms with E-state index in [0.717, 1.165) is 31.3 Å². The molecule has 0 amide bonds. The lowest BCUT2D eigenvalue weighted by Gasteiger charge is -2.12. The molecule has 0 unspecified atom stereocenters. The van der Waals surface area contributed by atoms with Crippen molar-refractivity contribution in [1.29, 1.82) is 0 Å². The van der Waals surface area contributed by atoms with Crippen LogP contribution in [0.25, 0.3) is 0 Å². The van der Waals surface area contributed by atoms with E-state index in [1.807, 2.05) is 25.2 Å². The Kier molecular flexibility index (Phi) is 7.72. The molecule has 0 atom stereocenters. The Morgan fingerprint density at radius 3 is 2.75 bits per heavy atom. The number of hydrogen-bond donors (Lipinski definition) is 2. The lowest BCUT2D eigenvalue weighted by atomic mass is 10.2. The maximum atomic E-state index is 5.75. The minimum atomic E-state index is 0. The van der Waals surface area contributed by atoms with Crippen LogP contribution in [0, 0.1) is 6.92 Å². The minimum Gasteiger partial charge on any atom is -0.493 e. The number of guanidine groups is 1. The molecule has 4 nitrogen and oxygen atoms in total. The SMILES string of the molecule is CN=C(NCCCOc1ccccc1C)NC1CC1.I. The third-order valence-electron chi connectivity index (χ3n) is 3.11. The molecule has 0 aromatic heterocycles. The van der Waals surface area contributed by atoms with E-state index < -0.39 is 0 Å². The number of halogens is 1. The fourth-order valence-corrected chi connectivity index (χ4v) is 1.80. The number of aliphatic imine (C=N–C) groups is 1. The highest BCUT2D eigenvalue weighted by Crippen LogP contribution is 2.18. The number of aryl methyl sites for hydroxylation is 1. The highest BCUT2D eigenvalue weighted by Gasteiger charge is 2.21. The van der Waals surface area contributed by atoms with E-state index >= 15 is 0 Å². The summed E-state index contributed by atoms with van der Waals surface area (Å²) >= 11 is 0. The monoisotopic (exact) mass is 389 g/mol. The molecule has 0 heterocycles. The molecule has 5 heteroatoms. The van der Waals surface area contributed by atoms with Gasteiger partial charge in [0.2, 0.25) is 0 Å². The van der Waals surface area contributed by atoms with Crippen LogP contribution in [0.4, 0.5) is 0 Å². The van der Waals surface area contributed by atoms with Crippen molar-refractivity contribution < 1.29 is 4.74 Å². The number of nitrogens with one attached hydrogen (secondary N) is 2. The average Bonchev–Trinajstić information content (AvgIpc) is 3.23. The minimum absolute atomic E-state index is 0. The molecule has 0 radical (unpaired) electrons. The fourth-order valence-electron chi connectivity index (χ4n) is 1.80. The number of benzene rings is 1. The van der Waals surface area contributed by atoms with Gasteiger partial charge in [-0.2, -0.15) is 0 Å². The summed E-state index contributed by atoms with van der Waals surface area (Å²) in [6.07, 6.45) is 3.48. The van der Waals surface area contributed by atoms with E-state index in [4.69, 9.17) is 4.74 Å². The predicted octanol–water partition coefficient (Wildman–Crippen LogP) is 2.71. The number of ether oxygens (including phenoxy) is 1. The first-order valence-corrected chi connectivity index (χ1v) is 6.95. The first-order valence-electron chi connectivity index (χ1n) is 6.95. The van der Waals surface area contributed by atoms with Gasteiger partial charge in [0, 0.05) is 19.6 Å². The highest BCUT2D eigenvalue weighted by atomic mass is 127. The molecule has 1 aliphatic rings. The molecule has 20 heavy (non-hydrogen) atoms. The van der Waals surface area contributed by atoms with Crippen molar-refractivity contribution in [2.45, 2.75) is 32.2 Å². The normalized spacial score (nSPS) is 14.4. The Balaban J connectivity index is 0.00000200. The molecule has 0 spiro atoms. The number of para-hydroxylation sites is 1. The van der Waals surface area contributed by atoms with Crippen LogP contribution in [0.2, 0.25) is 0 Å². The van der Waals surface area contributed by atoms with Crippen LogP contribution in [0.1, 0.15) is 24.8 Å². The molecule has 1 aliphatic carbocycles. The van der Waals surface area contributed by atoms with Gasteiger partial charge in [0.25, 0.3) is 0 Å². The van der Waals surface area contributed by atoms with Gasteiger partial charge in [-0.25, -0.2) is 0 Å². The van der Waals surface area contributed by atoms with Crippen molar-refractivity contribution in [3.63, 3.8) is 0 Å². The molecule has 1 fully saturated rings. The summed E-state index contributed by atoms with van der Waals surface area (Å²) < 4.78 is 5.75. The lowest BCUT2D eigenvalue weighted by Crippen LogP contribution is -2.39. The number of hydrogen-bond acceptors (Lipinski definition) is 2. The van der Waals surface area contributed by atoms with Crippen LogP contribution in [-0.4, -0.2) is 32.2 Å². The molecule has 1 aromatic carbocycles. The maximum absolute atomic E-state index is 5.75. The van der Waals surface area contributed by atoms with Crippen molar-refractivity contribution in [1.82, 2.24) is 10.6 Å². The summed E-state index contributed by atoms with van der Waals surface area (Å²) in [4.78, 5) is 4.19. The van der Waals surface area contributed by atoms with Gasteiger partial charge < -0.3 is 15.4 Å². The van der Waals surface area contributed by atoms with Crippen LogP contribution in [0.15, 0.2) is 29.3 Å². The van der Waals surface area contributed by atoms with Crippen molar-refractivity contribution in [2.24, 2.45) is 4.99 Å². The van der Waals surface area contributed by atoms with Crippen LogP contribution in [-0.2, 0) is 0 Å². The second-order valence-corrected chi connectivity index (χ2v) is 4.89. The highest BCUT2D eigenvalue weighted by molar-refractivity contribution is 14.0. The fraction of sp³-hybridized carbons (Fsp3) is 0.533. The lowest BCUT2D eigenvalue weighted by molar-refractivity contribution is 0.309. The zero-order chi connectivity index (χ0) is 13.5. The smallest absolute Gasteiger partial charge is 0.191 e. The van der Waals surface area contributed by atoms with Crippen LogP contribution in [0.5, 0.6) is 5.75 Å². The Morgan fingerprint density at radius 1 is 1.35 bits per heavy atom. The van der Waals surface area contributed by atoms with Gasteiger partial charge in [0.15, 0.2) is 5.96 Å². The summed E-state index contributed by atoms with van der Waals surface area (Å²) in [5.74, 6) is 1.88. The summed E-state index contributed by atoms with van der Waals surface area (Å²) in [6, 6.07) is 8.74. The Hall–Kier alpha value is -0.980. The Morgan fingerprint density at radius 2 is 2.10 bits per heavy atom. The van der Waals surface area contributed by atoms with Crippen molar-refractivity contribution in [3.05, 3.63) is 29.8 Å². The Bertz CT molecular complexity index is 433. The third-order valence-corrected chi connectivity index (χ3v) is 3.11. The summed E-state index contributed by atoms with van der Waals surface area (Å²) in [5.41, 5.74) is 1.18. The van der Waals surface area contributed by atoms with Crippen molar-refractivity contribution in [3.8, 4) is 5.75 Å². The summed E-state index contributed by atoms with van der Waals surface area (Å²) in [6.45, 7) is 3.66. The Labute approximate surface area is 138 Å². The van der Waals surface area contributed by atoms with E-state index in [0.29, 0.717) is 6.04 Å². The van der Waals surface area contributed by atoms with Gasteiger partial charge in [0.05, 0.1) is 6.61 Å². The van der Waals surface area contributed by atoms with Crippen LogP contribution >= 0.6 is 24.0 Å². The third kappa shape index (κ3) is 5.98. The van der Waals surface area contributed by atoms with E-state index in [1.165, 1.54) is 18.4 Å². The zero-order valence-corrected chi connectivity index (χ0v) is 14.5. The summed E-state index contributed by atoms with van der Waals surface area (Å²) in [7, 11) is 1.81. The molecule has 1 saturated carbocycles. The molecule has 112 valence electrons. The predicted molar refractivity (Wildman–Crippen MR) is 94.2 cm³/mol. The van der Waals surface area contributed by atoms with E-state index in [9.17, 15) is 0 Å². The van der Waals surface area contributed by atoms with Gasteiger partial charge in [0.1, 0.15) is 5.75 Å². The van der Waals surface area contributed by atoms with Gasteiger partial charge in [-0.15, -0.1) is 24.0 Å². The molecule has 1 aromatic rings. The number of nitrogens with zero attached hydrogens (tertiary/aromatic N) is 1. The van der Waals surface area contributed by atoms with E-state index in [2.05, 4.69) is 28.6 Å². The number of rotatable bonds is 6. The largest absolute Gasteiger partial charge is 0.493 e. The van der Waals surface area contributed by atoms with E-state index in [-0.39, 0.29) is 24.0 Å². The van der Waals surface area contributed by atoms with Gasteiger partial charge in [-0.1, -0.05) is 18.2 Å². The van der Waals surface area contributed by atoms with Gasteiger partial charge >= 0.3 is 0 Å². The van der Waals surface area contributed by atoms with Crippen molar-refractivity contribution >= 4 is 29.9 Å². The first-order chi connectivity index (χ1) is 9.29. The first kappa shape index (κ1) is 17.1. The standard InChI is InChI=1S/C15H23N3O.HI/c1-12-6-3-4-7-14(12)19-11-5-10-17-15(16-2)18-13-8-9-13;/h3-4,6-7,13H,5,8-11H2,1-2H3,(H2,16,17,18);1H. The molecule has 0 bridgehead atoms. The van der Waals surface area contributed by atoms with Gasteiger partial charge in [-0.05, 0) is 37.8 Å². The van der Waals surface area contributed by atoms with Gasteiger partial charge in [-0.3, -0.25) is 4.99 Å². The van der Waals surface area contributed by atoms with Crippen LogP contribution < -0.4 is 15.4 Å². The topological polar surface area (TPSA) is 45.7 Å². The van der Waals surface area contributed by atoms with E-state index in [1.54, 1.807) is 0 Å². The summed E-state index contributed by atoms with van der Waals surface area (Å²) in [5, 5.41) is 6.66. The molecular formula is C15H24IN3O. The molecular weight excluding hydrogens is 365 g/mol. The zero-order valence-electron chi connectivity index (χ0n) is 12.2. The second kappa shape index (κ2) is 9.05.